The van der Waals surface area contributed by atoms with E-state index in [0.29, 0.717) is 23.5 Å². The maximum Gasteiger partial charge on any atom is 0.257 e. The number of rotatable bonds is 0. The molecular formula is C7H7BrN2O2. The Labute approximate surface area is 77.1 Å². The maximum atomic E-state index is 11.3. The summed E-state index contributed by atoms with van der Waals surface area (Å²) in [6.45, 7) is 1.03. The molecule has 0 saturated heterocycles. The predicted molar refractivity (Wildman–Crippen MR) is 45.9 cm³/mol. The van der Waals surface area contributed by atoms with E-state index in [1.165, 1.54) is 0 Å². The van der Waals surface area contributed by atoms with E-state index in [9.17, 15) is 4.79 Å². The number of fused-ring (bicyclic) bond motifs is 1. The first kappa shape index (κ1) is 7.94. The monoisotopic (exact) mass is 230 g/mol. The summed E-state index contributed by atoms with van der Waals surface area (Å²) in [4.78, 5) is 18.0. The van der Waals surface area contributed by atoms with Crippen molar-refractivity contribution in [2.24, 2.45) is 0 Å². The molecule has 5 heteroatoms. The average molecular weight is 231 g/mol. The van der Waals surface area contributed by atoms with Crippen molar-refractivity contribution in [1.29, 1.82) is 0 Å². The van der Waals surface area contributed by atoms with E-state index in [4.69, 9.17) is 4.74 Å². The number of hydrogen-bond acceptors (Lipinski definition) is 3. The zero-order valence-electron chi connectivity index (χ0n) is 6.26. The molecule has 0 unspecified atom stereocenters. The third-order valence-corrected chi connectivity index (χ3v) is 2.18. The van der Waals surface area contributed by atoms with Crippen molar-refractivity contribution in [3.8, 4) is 0 Å². The second-order valence-corrected chi connectivity index (χ2v) is 3.34. The van der Waals surface area contributed by atoms with Crippen LogP contribution in [0.25, 0.3) is 0 Å². The van der Waals surface area contributed by atoms with Gasteiger partial charge in [-0.15, -0.1) is 0 Å². The van der Waals surface area contributed by atoms with Gasteiger partial charge in [0.2, 0.25) is 0 Å². The summed E-state index contributed by atoms with van der Waals surface area (Å²) in [7, 11) is 0. The number of hydrogen-bond donors (Lipinski definition) is 1. The number of ether oxygens (including phenoxy) is 1. The fraction of sp³-hybridized carbons (Fsp3) is 0.429. The quantitative estimate of drug-likeness (QED) is 0.665. The Hall–Kier alpha value is -0.680. The van der Waals surface area contributed by atoms with Gasteiger partial charge in [0.15, 0.2) is 4.73 Å². The Morgan fingerprint density at radius 3 is 3.25 bits per heavy atom. The van der Waals surface area contributed by atoms with Gasteiger partial charge in [-0.2, -0.15) is 0 Å². The number of H-pyrrole nitrogens is 1. The molecule has 0 spiro atoms. The van der Waals surface area contributed by atoms with Gasteiger partial charge < -0.3 is 9.72 Å². The van der Waals surface area contributed by atoms with Crippen molar-refractivity contribution in [3.63, 3.8) is 0 Å². The minimum Gasteiger partial charge on any atom is -0.376 e. The van der Waals surface area contributed by atoms with Crippen molar-refractivity contribution in [1.82, 2.24) is 9.97 Å². The van der Waals surface area contributed by atoms with E-state index >= 15 is 0 Å². The number of nitrogens with zero attached hydrogens (tertiary/aromatic N) is 1. The molecule has 0 amide bonds. The minimum atomic E-state index is -0.105. The van der Waals surface area contributed by atoms with Gasteiger partial charge in [0.05, 0.1) is 24.5 Å². The lowest BCUT2D eigenvalue weighted by atomic mass is 10.1. The Bertz CT molecular complexity index is 361. The average Bonchev–Trinajstić information content (AvgIpc) is 2.04. The Balaban J connectivity index is 2.60. The smallest absolute Gasteiger partial charge is 0.257 e. The molecule has 0 aliphatic carbocycles. The molecular weight excluding hydrogens is 224 g/mol. The molecule has 0 bridgehead atoms. The highest BCUT2D eigenvalue weighted by atomic mass is 79.9. The molecule has 0 radical (unpaired) electrons. The lowest BCUT2D eigenvalue weighted by Crippen LogP contribution is -2.23. The van der Waals surface area contributed by atoms with Crippen LogP contribution in [0.2, 0.25) is 0 Å². The number of aromatic amines is 1. The molecule has 1 aliphatic heterocycles. The lowest BCUT2D eigenvalue weighted by Gasteiger charge is -2.13. The van der Waals surface area contributed by atoms with Gasteiger partial charge in [-0.05, 0) is 15.9 Å². The molecule has 0 aromatic carbocycles. The van der Waals surface area contributed by atoms with Crippen molar-refractivity contribution in [2.75, 3.05) is 6.61 Å². The summed E-state index contributed by atoms with van der Waals surface area (Å²) in [5.41, 5.74) is 1.40. The van der Waals surface area contributed by atoms with E-state index in [-0.39, 0.29) is 5.56 Å². The molecule has 1 aliphatic rings. The lowest BCUT2D eigenvalue weighted by molar-refractivity contribution is 0.108. The van der Waals surface area contributed by atoms with Gasteiger partial charge in [0.25, 0.3) is 5.56 Å². The van der Waals surface area contributed by atoms with Crippen LogP contribution in [-0.4, -0.2) is 16.6 Å². The first-order chi connectivity index (χ1) is 5.77. The van der Waals surface area contributed by atoms with Gasteiger partial charge in [-0.25, -0.2) is 4.98 Å². The van der Waals surface area contributed by atoms with Crippen LogP contribution >= 0.6 is 15.9 Å². The van der Waals surface area contributed by atoms with Gasteiger partial charge in [-0.1, -0.05) is 0 Å². The second-order valence-electron chi connectivity index (χ2n) is 2.58. The summed E-state index contributed by atoms with van der Waals surface area (Å²) in [5, 5.41) is 0. The van der Waals surface area contributed by atoms with Crippen molar-refractivity contribution in [2.45, 2.75) is 13.0 Å². The number of nitrogens with one attached hydrogen (secondary N) is 1. The molecule has 1 aromatic rings. The second kappa shape index (κ2) is 2.99. The Morgan fingerprint density at radius 2 is 2.42 bits per heavy atom. The highest BCUT2D eigenvalue weighted by Gasteiger charge is 2.14. The molecule has 4 nitrogen and oxygen atoms in total. The third-order valence-electron chi connectivity index (χ3n) is 1.80. The van der Waals surface area contributed by atoms with Gasteiger partial charge in [0.1, 0.15) is 0 Å². The van der Waals surface area contributed by atoms with Crippen molar-refractivity contribution in [3.05, 3.63) is 26.3 Å². The molecule has 2 heterocycles. The normalized spacial score (nSPS) is 15.8. The molecule has 0 atom stereocenters. The van der Waals surface area contributed by atoms with E-state index in [1.807, 2.05) is 0 Å². The van der Waals surface area contributed by atoms with Crippen LogP contribution in [0.1, 0.15) is 11.3 Å². The predicted octanol–water partition coefficient (Wildman–Crippen LogP) is 0.605. The first-order valence-corrected chi connectivity index (χ1v) is 4.42. The molecule has 12 heavy (non-hydrogen) atoms. The molecule has 64 valence electrons. The van der Waals surface area contributed by atoms with Crippen LogP contribution in [0.5, 0.6) is 0 Å². The fourth-order valence-corrected chi connectivity index (χ4v) is 1.61. The summed E-state index contributed by atoms with van der Waals surface area (Å²) in [5.74, 6) is 0. The van der Waals surface area contributed by atoms with Gasteiger partial charge in [-0.3, -0.25) is 4.79 Å². The van der Waals surface area contributed by atoms with Crippen LogP contribution < -0.4 is 5.56 Å². The van der Waals surface area contributed by atoms with Crippen LogP contribution in [-0.2, 0) is 17.8 Å². The largest absolute Gasteiger partial charge is 0.376 e. The summed E-state index contributed by atoms with van der Waals surface area (Å²) >= 11 is 3.13. The van der Waals surface area contributed by atoms with Crippen molar-refractivity contribution >= 4 is 15.9 Å². The highest BCUT2D eigenvalue weighted by molar-refractivity contribution is 9.10. The third kappa shape index (κ3) is 1.30. The van der Waals surface area contributed by atoms with E-state index in [2.05, 4.69) is 25.9 Å². The summed E-state index contributed by atoms with van der Waals surface area (Å²) < 4.78 is 5.63. The topological polar surface area (TPSA) is 55.0 Å². The fourth-order valence-electron chi connectivity index (χ4n) is 1.21. The van der Waals surface area contributed by atoms with Crippen LogP contribution in [0.4, 0.5) is 0 Å². The maximum absolute atomic E-state index is 11.3. The number of aromatic nitrogens is 2. The molecule has 1 N–H and O–H groups in total. The Kier molecular flexibility index (Phi) is 1.98. The zero-order chi connectivity index (χ0) is 8.55. The van der Waals surface area contributed by atoms with Crippen LogP contribution in [0, 0.1) is 0 Å². The SMILES string of the molecule is O=c1[nH]c(Br)nc2c1COCC2. The van der Waals surface area contributed by atoms with E-state index < -0.39 is 0 Å². The first-order valence-electron chi connectivity index (χ1n) is 3.62. The summed E-state index contributed by atoms with van der Waals surface area (Å²) in [6.07, 6.45) is 0.720. The van der Waals surface area contributed by atoms with Crippen molar-refractivity contribution < 1.29 is 4.74 Å². The molecule has 0 fully saturated rings. The molecule has 0 saturated carbocycles. The standard InChI is InChI=1S/C7H7BrN2O2/c8-7-9-5-1-2-12-3-4(5)6(11)10-7/h1-3H2,(H,9,10,11). The highest BCUT2D eigenvalue weighted by Crippen LogP contribution is 2.11. The van der Waals surface area contributed by atoms with Crippen LogP contribution in [0.3, 0.4) is 0 Å². The van der Waals surface area contributed by atoms with E-state index in [0.717, 1.165) is 12.1 Å². The zero-order valence-corrected chi connectivity index (χ0v) is 7.85. The number of halogens is 1. The summed E-state index contributed by atoms with van der Waals surface area (Å²) in [6, 6.07) is 0. The Morgan fingerprint density at radius 1 is 1.58 bits per heavy atom. The molecule has 1 aromatic heterocycles. The minimum absolute atomic E-state index is 0.105. The van der Waals surface area contributed by atoms with Gasteiger partial charge in [0, 0.05) is 6.42 Å². The molecule has 2 rings (SSSR count). The van der Waals surface area contributed by atoms with E-state index in [1.54, 1.807) is 0 Å². The van der Waals surface area contributed by atoms with Crippen LogP contribution in [0.15, 0.2) is 9.53 Å². The van der Waals surface area contributed by atoms with Gasteiger partial charge >= 0.3 is 0 Å².